The molecule has 0 spiro atoms. The molecule has 0 saturated heterocycles. The highest BCUT2D eigenvalue weighted by Crippen LogP contribution is 2.15. The quantitative estimate of drug-likeness (QED) is 0.843. The van der Waals surface area contributed by atoms with Crippen molar-refractivity contribution in [3.05, 3.63) is 59.4 Å². The molecule has 0 aliphatic heterocycles. The van der Waals surface area contributed by atoms with E-state index < -0.39 is 0 Å². The molecule has 4 nitrogen and oxygen atoms in total. The third kappa shape index (κ3) is 5.35. The molecule has 0 bridgehead atoms. The summed E-state index contributed by atoms with van der Waals surface area (Å²) in [7, 11) is 1.87. The molecule has 5 heteroatoms. The van der Waals surface area contributed by atoms with Gasteiger partial charge in [-0.1, -0.05) is 18.2 Å². The first-order chi connectivity index (χ1) is 11.5. The molecular formula is C19H23FN2O2. The largest absolute Gasteiger partial charge is 0.494 e. The number of ether oxygens (including phenoxy) is 1. The second kappa shape index (κ2) is 8.45. The van der Waals surface area contributed by atoms with E-state index in [1.54, 1.807) is 19.1 Å². The lowest BCUT2D eigenvalue weighted by molar-refractivity contribution is -0.117. The summed E-state index contributed by atoms with van der Waals surface area (Å²) in [5.74, 6) is 0.338. The zero-order chi connectivity index (χ0) is 17.5. The van der Waals surface area contributed by atoms with Crippen LogP contribution in [-0.4, -0.2) is 31.0 Å². The van der Waals surface area contributed by atoms with E-state index in [4.69, 9.17) is 4.74 Å². The van der Waals surface area contributed by atoms with E-state index in [-0.39, 0.29) is 18.3 Å². The van der Waals surface area contributed by atoms with E-state index in [2.05, 4.69) is 5.32 Å². The summed E-state index contributed by atoms with van der Waals surface area (Å²) < 4.78 is 18.9. The molecule has 2 rings (SSSR count). The molecule has 1 N–H and O–H groups in total. The Hall–Kier alpha value is -2.40. The number of nitrogens with one attached hydrogen (secondary N) is 1. The van der Waals surface area contributed by atoms with Crippen LogP contribution in [0.15, 0.2) is 42.5 Å². The summed E-state index contributed by atoms with van der Waals surface area (Å²) in [4.78, 5) is 14.0. The summed E-state index contributed by atoms with van der Waals surface area (Å²) in [5, 5.41) is 2.71. The van der Waals surface area contributed by atoms with Crippen LogP contribution in [0.25, 0.3) is 0 Å². The van der Waals surface area contributed by atoms with E-state index in [0.29, 0.717) is 24.4 Å². The Balaban J connectivity index is 1.85. The Bertz CT molecular complexity index is 686. The number of halogens is 1. The van der Waals surface area contributed by atoms with Gasteiger partial charge in [0.1, 0.15) is 11.6 Å². The highest BCUT2D eigenvalue weighted by molar-refractivity contribution is 5.92. The van der Waals surface area contributed by atoms with Crippen LogP contribution < -0.4 is 10.1 Å². The minimum Gasteiger partial charge on any atom is -0.494 e. The Labute approximate surface area is 142 Å². The van der Waals surface area contributed by atoms with Gasteiger partial charge in [-0.2, -0.15) is 0 Å². The second-order valence-electron chi connectivity index (χ2n) is 5.76. The molecule has 1 amide bonds. The maximum atomic E-state index is 13.5. The number of hydrogen-bond donors (Lipinski definition) is 1. The molecule has 24 heavy (non-hydrogen) atoms. The summed E-state index contributed by atoms with van der Waals surface area (Å²) in [5.41, 5.74) is 2.12. The fourth-order valence-electron chi connectivity index (χ4n) is 2.34. The van der Waals surface area contributed by atoms with Gasteiger partial charge in [0, 0.05) is 12.2 Å². The van der Waals surface area contributed by atoms with Crippen molar-refractivity contribution in [2.45, 2.75) is 20.4 Å². The molecule has 2 aromatic carbocycles. The molecule has 0 unspecified atom stereocenters. The average molecular weight is 330 g/mol. The lowest BCUT2D eigenvalue weighted by Crippen LogP contribution is -2.29. The van der Waals surface area contributed by atoms with Gasteiger partial charge in [0.15, 0.2) is 0 Å². The number of carbonyl (C=O) groups excluding carboxylic acids is 1. The van der Waals surface area contributed by atoms with Crippen LogP contribution in [-0.2, 0) is 11.3 Å². The number of likely N-dealkylation sites (N-methyl/N-ethyl adjacent to an activating group) is 1. The van der Waals surface area contributed by atoms with Crippen molar-refractivity contribution in [2.24, 2.45) is 0 Å². The predicted octanol–water partition coefficient (Wildman–Crippen LogP) is 3.60. The van der Waals surface area contributed by atoms with Gasteiger partial charge in [-0.25, -0.2) is 4.39 Å². The summed E-state index contributed by atoms with van der Waals surface area (Å²) in [6.45, 7) is 5.13. The maximum absolute atomic E-state index is 13.5. The molecule has 128 valence electrons. The van der Waals surface area contributed by atoms with Gasteiger partial charge in [-0.05, 0) is 56.3 Å². The Morgan fingerprint density at radius 3 is 2.54 bits per heavy atom. The number of amides is 1. The van der Waals surface area contributed by atoms with Crippen LogP contribution in [0.3, 0.4) is 0 Å². The fraction of sp³-hybridized carbons (Fsp3) is 0.316. The van der Waals surface area contributed by atoms with Gasteiger partial charge < -0.3 is 10.1 Å². The van der Waals surface area contributed by atoms with Gasteiger partial charge in [0.05, 0.1) is 13.2 Å². The molecule has 0 fully saturated rings. The third-order valence-electron chi connectivity index (χ3n) is 3.56. The van der Waals surface area contributed by atoms with Crippen LogP contribution in [0.1, 0.15) is 18.1 Å². The first kappa shape index (κ1) is 17.9. The molecule has 0 saturated carbocycles. The topological polar surface area (TPSA) is 41.6 Å². The van der Waals surface area contributed by atoms with Gasteiger partial charge in [-0.15, -0.1) is 0 Å². The van der Waals surface area contributed by atoms with E-state index >= 15 is 0 Å². The van der Waals surface area contributed by atoms with E-state index in [1.165, 1.54) is 6.07 Å². The van der Waals surface area contributed by atoms with Gasteiger partial charge in [-0.3, -0.25) is 9.69 Å². The van der Waals surface area contributed by atoms with Crippen molar-refractivity contribution in [2.75, 3.05) is 25.5 Å². The van der Waals surface area contributed by atoms with Crippen molar-refractivity contribution in [3.63, 3.8) is 0 Å². The smallest absolute Gasteiger partial charge is 0.238 e. The van der Waals surface area contributed by atoms with Crippen molar-refractivity contribution >= 4 is 11.6 Å². The maximum Gasteiger partial charge on any atom is 0.238 e. The minimum absolute atomic E-state index is 0.174. The molecule has 0 aromatic heterocycles. The number of aryl methyl sites for hydroxylation is 1. The zero-order valence-corrected chi connectivity index (χ0v) is 14.3. The van der Waals surface area contributed by atoms with Gasteiger partial charge in [0.2, 0.25) is 5.91 Å². The molecule has 2 aromatic rings. The molecule has 0 aliphatic rings. The van der Waals surface area contributed by atoms with E-state index in [0.717, 1.165) is 11.3 Å². The number of hydrogen-bond acceptors (Lipinski definition) is 3. The standard InChI is InChI=1S/C19H23FN2O2/c1-4-24-17-9-6-15(7-10-17)12-22(3)13-19(23)21-16-8-5-14(2)18(20)11-16/h5-11H,4,12-13H2,1-3H3,(H,21,23). The summed E-state index contributed by atoms with van der Waals surface area (Å²) in [6.07, 6.45) is 0. The number of rotatable bonds is 7. The van der Waals surface area contributed by atoms with Crippen LogP contribution in [0.4, 0.5) is 10.1 Å². The predicted molar refractivity (Wildman–Crippen MR) is 93.7 cm³/mol. The SMILES string of the molecule is CCOc1ccc(CN(C)CC(=O)Nc2ccc(C)c(F)c2)cc1. The first-order valence-electron chi connectivity index (χ1n) is 7.94. The lowest BCUT2D eigenvalue weighted by atomic mass is 10.2. The van der Waals surface area contributed by atoms with Crippen LogP contribution >= 0.6 is 0 Å². The van der Waals surface area contributed by atoms with Crippen molar-refractivity contribution in [3.8, 4) is 5.75 Å². The number of anilines is 1. The van der Waals surface area contributed by atoms with Crippen molar-refractivity contribution in [1.82, 2.24) is 4.90 Å². The Morgan fingerprint density at radius 2 is 1.92 bits per heavy atom. The van der Waals surface area contributed by atoms with Crippen LogP contribution in [0.2, 0.25) is 0 Å². The fourth-order valence-corrected chi connectivity index (χ4v) is 2.34. The number of nitrogens with zero attached hydrogens (tertiary/aromatic N) is 1. The van der Waals surface area contributed by atoms with Crippen molar-refractivity contribution < 1.29 is 13.9 Å². The average Bonchev–Trinajstić information content (AvgIpc) is 2.53. The molecule has 0 atom stereocenters. The molecular weight excluding hydrogens is 307 g/mol. The Kier molecular flexibility index (Phi) is 6.32. The van der Waals surface area contributed by atoms with E-state index in [1.807, 2.05) is 43.1 Å². The zero-order valence-electron chi connectivity index (χ0n) is 14.3. The first-order valence-corrected chi connectivity index (χ1v) is 7.94. The lowest BCUT2D eigenvalue weighted by Gasteiger charge is -2.17. The molecule has 0 aliphatic carbocycles. The third-order valence-corrected chi connectivity index (χ3v) is 3.56. The normalized spacial score (nSPS) is 10.7. The monoisotopic (exact) mass is 330 g/mol. The molecule has 0 heterocycles. The minimum atomic E-state index is -0.324. The highest BCUT2D eigenvalue weighted by atomic mass is 19.1. The summed E-state index contributed by atoms with van der Waals surface area (Å²) in [6, 6.07) is 12.5. The van der Waals surface area contributed by atoms with E-state index in [9.17, 15) is 9.18 Å². The van der Waals surface area contributed by atoms with Crippen LogP contribution in [0, 0.1) is 12.7 Å². The van der Waals surface area contributed by atoms with Crippen LogP contribution in [0.5, 0.6) is 5.75 Å². The summed E-state index contributed by atoms with van der Waals surface area (Å²) >= 11 is 0. The Morgan fingerprint density at radius 1 is 1.21 bits per heavy atom. The highest BCUT2D eigenvalue weighted by Gasteiger charge is 2.09. The van der Waals surface area contributed by atoms with Crippen molar-refractivity contribution in [1.29, 1.82) is 0 Å². The second-order valence-corrected chi connectivity index (χ2v) is 5.76. The van der Waals surface area contributed by atoms with Gasteiger partial charge >= 0.3 is 0 Å². The number of benzene rings is 2. The molecule has 0 radical (unpaired) electrons. The number of carbonyl (C=O) groups is 1. The van der Waals surface area contributed by atoms with Gasteiger partial charge in [0.25, 0.3) is 0 Å².